The maximum Gasteiger partial charge on any atom is 0.308 e. The van der Waals surface area contributed by atoms with Crippen molar-refractivity contribution in [1.29, 1.82) is 0 Å². The molecule has 1 N–H and O–H groups in total. The number of aryl methyl sites for hydroxylation is 1. The van der Waals surface area contributed by atoms with E-state index in [0.717, 1.165) is 36.5 Å². The number of carboxylic acids is 1. The van der Waals surface area contributed by atoms with Crippen LogP contribution in [0.4, 0.5) is 0 Å². The number of aliphatic carboxylic acids is 1. The molecule has 0 spiro atoms. The Labute approximate surface area is 115 Å². The molecule has 1 aromatic heterocycles. The Kier molecular flexibility index (Phi) is 4.47. The molecule has 104 valence electrons. The third-order valence-electron chi connectivity index (χ3n) is 3.29. The molecule has 1 amide bonds. The van der Waals surface area contributed by atoms with E-state index < -0.39 is 11.9 Å². The zero-order valence-corrected chi connectivity index (χ0v) is 11.7. The van der Waals surface area contributed by atoms with Crippen molar-refractivity contribution >= 4 is 23.4 Å². The smallest absolute Gasteiger partial charge is 0.308 e. The van der Waals surface area contributed by atoms with Gasteiger partial charge in [-0.15, -0.1) is 5.10 Å². The van der Waals surface area contributed by atoms with E-state index >= 15 is 0 Å². The molecule has 0 bridgehead atoms. The maximum atomic E-state index is 12.4. The van der Waals surface area contributed by atoms with Crippen molar-refractivity contribution in [2.45, 2.75) is 32.6 Å². The van der Waals surface area contributed by atoms with Crippen LogP contribution in [-0.4, -0.2) is 44.6 Å². The van der Waals surface area contributed by atoms with Crippen LogP contribution in [0.15, 0.2) is 0 Å². The van der Waals surface area contributed by atoms with Gasteiger partial charge in [0, 0.05) is 13.1 Å². The number of carboxylic acid groups (broad SMARTS) is 1. The molecule has 19 heavy (non-hydrogen) atoms. The van der Waals surface area contributed by atoms with Gasteiger partial charge in [0.25, 0.3) is 5.91 Å². The number of piperidine rings is 1. The highest BCUT2D eigenvalue weighted by Crippen LogP contribution is 2.21. The van der Waals surface area contributed by atoms with Gasteiger partial charge < -0.3 is 10.0 Å². The third-order valence-corrected chi connectivity index (χ3v) is 4.05. The van der Waals surface area contributed by atoms with Gasteiger partial charge in [-0.05, 0) is 30.8 Å². The second kappa shape index (κ2) is 6.10. The largest absolute Gasteiger partial charge is 0.481 e. The number of hydrogen-bond donors (Lipinski definition) is 1. The van der Waals surface area contributed by atoms with Crippen LogP contribution >= 0.6 is 11.5 Å². The van der Waals surface area contributed by atoms with Crippen molar-refractivity contribution in [3.05, 3.63) is 10.6 Å². The number of carbonyl (C=O) groups is 2. The molecule has 6 nitrogen and oxygen atoms in total. The first-order valence-corrected chi connectivity index (χ1v) is 7.24. The molecule has 1 aliphatic heterocycles. The molecule has 0 aromatic carbocycles. The fourth-order valence-electron chi connectivity index (χ4n) is 2.28. The molecular weight excluding hydrogens is 266 g/mol. The summed E-state index contributed by atoms with van der Waals surface area (Å²) in [5, 5.41) is 13.0. The lowest BCUT2D eigenvalue weighted by Gasteiger charge is -2.30. The van der Waals surface area contributed by atoms with Crippen LogP contribution in [0.25, 0.3) is 0 Å². The number of aromatic nitrogens is 2. The maximum absolute atomic E-state index is 12.4. The van der Waals surface area contributed by atoms with E-state index in [1.165, 1.54) is 0 Å². The van der Waals surface area contributed by atoms with Crippen molar-refractivity contribution in [1.82, 2.24) is 14.5 Å². The number of carbonyl (C=O) groups excluding carboxylic acids is 1. The number of rotatable bonds is 4. The standard InChI is InChI=1S/C12H17N3O3S/c1-2-4-9-10(19-14-13-9)11(16)15-6-3-5-8(7-15)12(17)18/h8H,2-7H2,1H3,(H,17,18). The molecular formula is C12H17N3O3S. The molecule has 1 saturated heterocycles. The summed E-state index contributed by atoms with van der Waals surface area (Å²) in [5.41, 5.74) is 0.731. The number of nitrogens with zero attached hydrogens (tertiary/aromatic N) is 3. The number of likely N-dealkylation sites (tertiary alicyclic amines) is 1. The van der Waals surface area contributed by atoms with Crippen LogP contribution in [0.2, 0.25) is 0 Å². The summed E-state index contributed by atoms with van der Waals surface area (Å²) in [4.78, 5) is 25.6. The molecule has 1 aliphatic rings. The van der Waals surface area contributed by atoms with Crippen LogP contribution < -0.4 is 0 Å². The topological polar surface area (TPSA) is 83.4 Å². The predicted octanol–water partition coefficient (Wildman–Crippen LogP) is 1.43. The van der Waals surface area contributed by atoms with Gasteiger partial charge in [-0.1, -0.05) is 17.8 Å². The van der Waals surface area contributed by atoms with Crippen molar-refractivity contribution in [2.24, 2.45) is 5.92 Å². The van der Waals surface area contributed by atoms with E-state index in [-0.39, 0.29) is 12.5 Å². The minimum absolute atomic E-state index is 0.121. The van der Waals surface area contributed by atoms with Gasteiger partial charge >= 0.3 is 5.97 Å². The summed E-state index contributed by atoms with van der Waals surface area (Å²) in [7, 11) is 0. The highest BCUT2D eigenvalue weighted by atomic mass is 32.1. The Bertz CT molecular complexity index is 475. The normalized spacial score (nSPS) is 19.4. The average Bonchev–Trinajstić information content (AvgIpc) is 2.86. The summed E-state index contributed by atoms with van der Waals surface area (Å²) in [6.45, 7) is 2.93. The zero-order valence-electron chi connectivity index (χ0n) is 10.8. The first-order chi connectivity index (χ1) is 9.13. The van der Waals surface area contributed by atoms with E-state index in [9.17, 15) is 9.59 Å². The molecule has 2 rings (SSSR count). The molecule has 0 aliphatic carbocycles. The van der Waals surface area contributed by atoms with Crippen LogP contribution in [0.3, 0.4) is 0 Å². The van der Waals surface area contributed by atoms with E-state index in [4.69, 9.17) is 5.11 Å². The van der Waals surface area contributed by atoms with Crippen molar-refractivity contribution < 1.29 is 14.7 Å². The van der Waals surface area contributed by atoms with Gasteiger partial charge in [-0.3, -0.25) is 9.59 Å². The average molecular weight is 283 g/mol. The minimum Gasteiger partial charge on any atom is -0.481 e. The number of amides is 1. The van der Waals surface area contributed by atoms with Gasteiger partial charge in [-0.2, -0.15) is 0 Å². The molecule has 1 fully saturated rings. The van der Waals surface area contributed by atoms with Crippen molar-refractivity contribution in [2.75, 3.05) is 13.1 Å². The first kappa shape index (κ1) is 13.9. The first-order valence-electron chi connectivity index (χ1n) is 6.46. The molecule has 1 atom stereocenters. The monoisotopic (exact) mass is 283 g/mol. The fourth-order valence-corrected chi connectivity index (χ4v) is 2.95. The van der Waals surface area contributed by atoms with Crippen LogP contribution in [-0.2, 0) is 11.2 Å². The summed E-state index contributed by atoms with van der Waals surface area (Å²) in [5.74, 6) is -1.40. The Morgan fingerprint density at radius 2 is 2.32 bits per heavy atom. The fraction of sp³-hybridized carbons (Fsp3) is 0.667. The Balaban J connectivity index is 2.10. The lowest BCUT2D eigenvalue weighted by molar-refractivity contribution is -0.143. The Morgan fingerprint density at radius 3 is 3.00 bits per heavy atom. The number of hydrogen-bond acceptors (Lipinski definition) is 5. The molecule has 1 unspecified atom stereocenters. The molecule has 2 heterocycles. The quantitative estimate of drug-likeness (QED) is 0.903. The second-order valence-electron chi connectivity index (χ2n) is 4.73. The zero-order chi connectivity index (χ0) is 13.8. The molecule has 0 saturated carbocycles. The Hall–Kier alpha value is -1.50. The predicted molar refractivity (Wildman–Crippen MR) is 70.2 cm³/mol. The van der Waals surface area contributed by atoms with Crippen LogP contribution in [0, 0.1) is 5.92 Å². The molecule has 1 aromatic rings. The third kappa shape index (κ3) is 3.09. The van der Waals surface area contributed by atoms with E-state index in [1.807, 2.05) is 6.92 Å². The Morgan fingerprint density at radius 1 is 1.53 bits per heavy atom. The van der Waals surface area contributed by atoms with E-state index in [1.54, 1.807) is 4.90 Å². The SMILES string of the molecule is CCCc1nnsc1C(=O)N1CCCC(C(=O)O)C1. The van der Waals surface area contributed by atoms with Crippen LogP contribution in [0.5, 0.6) is 0 Å². The summed E-state index contributed by atoms with van der Waals surface area (Å²) in [6, 6.07) is 0. The summed E-state index contributed by atoms with van der Waals surface area (Å²) < 4.78 is 3.84. The van der Waals surface area contributed by atoms with Gasteiger partial charge in [0.15, 0.2) is 0 Å². The summed E-state index contributed by atoms with van der Waals surface area (Å²) in [6.07, 6.45) is 3.01. The lowest BCUT2D eigenvalue weighted by atomic mass is 9.98. The minimum atomic E-state index is -0.825. The second-order valence-corrected chi connectivity index (χ2v) is 5.48. The van der Waals surface area contributed by atoms with Gasteiger partial charge in [0.2, 0.25) is 0 Å². The van der Waals surface area contributed by atoms with E-state index in [2.05, 4.69) is 9.59 Å². The molecule has 0 radical (unpaired) electrons. The van der Waals surface area contributed by atoms with Gasteiger partial charge in [0.05, 0.1) is 11.6 Å². The van der Waals surface area contributed by atoms with Crippen molar-refractivity contribution in [3.63, 3.8) is 0 Å². The van der Waals surface area contributed by atoms with Crippen molar-refractivity contribution in [3.8, 4) is 0 Å². The van der Waals surface area contributed by atoms with Gasteiger partial charge in [0.1, 0.15) is 4.88 Å². The van der Waals surface area contributed by atoms with Crippen LogP contribution in [0.1, 0.15) is 41.6 Å². The summed E-state index contributed by atoms with van der Waals surface area (Å²) >= 11 is 1.10. The van der Waals surface area contributed by atoms with Gasteiger partial charge in [-0.25, -0.2) is 0 Å². The van der Waals surface area contributed by atoms with E-state index in [0.29, 0.717) is 17.8 Å². The molecule has 7 heteroatoms. The highest BCUT2D eigenvalue weighted by Gasteiger charge is 2.30. The lowest BCUT2D eigenvalue weighted by Crippen LogP contribution is -2.42. The highest BCUT2D eigenvalue weighted by molar-refractivity contribution is 7.08.